The average Bonchev–Trinajstić information content (AvgIpc) is 2.89. The monoisotopic (exact) mass is 334 g/mol. The van der Waals surface area contributed by atoms with Gasteiger partial charge in [-0.05, 0) is 43.5 Å². The Morgan fingerprint density at radius 1 is 1.26 bits per heavy atom. The standard InChI is InChI=1S/C16H19ClN4O2/c1-11(22)18-14-3-2-9-21(10-8-14)16-20-19-15(23-16)12-4-6-13(17)7-5-12/h4-7,14H,2-3,8-10H2,1H3,(H,18,22). The molecule has 1 unspecified atom stereocenters. The van der Waals surface area contributed by atoms with E-state index in [1.807, 2.05) is 12.1 Å². The Kier molecular flexibility index (Phi) is 4.81. The van der Waals surface area contributed by atoms with Gasteiger partial charge in [-0.25, -0.2) is 0 Å². The van der Waals surface area contributed by atoms with Crippen molar-refractivity contribution in [3.05, 3.63) is 29.3 Å². The van der Waals surface area contributed by atoms with Gasteiger partial charge in [0, 0.05) is 36.6 Å². The molecule has 2 aromatic rings. The van der Waals surface area contributed by atoms with Crippen molar-refractivity contribution in [2.45, 2.75) is 32.2 Å². The Balaban J connectivity index is 1.68. The fourth-order valence-electron chi connectivity index (χ4n) is 2.77. The van der Waals surface area contributed by atoms with Gasteiger partial charge in [0.05, 0.1) is 0 Å². The van der Waals surface area contributed by atoms with Crippen LogP contribution in [0.1, 0.15) is 26.2 Å². The molecule has 1 aromatic carbocycles. The van der Waals surface area contributed by atoms with E-state index in [4.69, 9.17) is 16.0 Å². The maximum atomic E-state index is 11.2. The molecule has 122 valence electrons. The molecule has 1 aliphatic heterocycles. The van der Waals surface area contributed by atoms with E-state index in [1.165, 1.54) is 0 Å². The van der Waals surface area contributed by atoms with Crippen LogP contribution >= 0.6 is 11.6 Å². The van der Waals surface area contributed by atoms with Crippen molar-refractivity contribution in [2.24, 2.45) is 0 Å². The molecule has 0 saturated carbocycles. The number of aromatic nitrogens is 2. The van der Waals surface area contributed by atoms with Crippen LogP contribution in [0.5, 0.6) is 0 Å². The summed E-state index contributed by atoms with van der Waals surface area (Å²) in [5, 5.41) is 11.9. The summed E-state index contributed by atoms with van der Waals surface area (Å²) >= 11 is 5.89. The molecule has 1 aromatic heterocycles. The highest BCUT2D eigenvalue weighted by atomic mass is 35.5. The minimum absolute atomic E-state index is 0.0197. The summed E-state index contributed by atoms with van der Waals surface area (Å²) in [7, 11) is 0. The number of anilines is 1. The van der Waals surface area contributed by atoms with Crippen molar-refractivity contribution in [2.75, 3.05) is 18.0 Å². The van der Waals surface area contributed by atoms with E-state index >= 15 is 0 Å². The molecular weight excluding hydrogens is 316 g/mol. The molecule has 6 nitrogen and oxygen atoms in total. The van der Waals surface area contributed by atoms with E-state index in [0.717, 1.165) is 37.9 Å². The topological polar surface area (TPSA) is 71.3 Å². The van der Waals surface area contributed by atoms with Gasteiger partial charge >= 0.3 is 6.01 Å². The Hall–Kier alpha value is -2.08. The second-order valence-electron chi connectivity index (χ2n) is 5.71. The van der Waals surface area contributed by atoms with Gasteiger partial charge in [-0.1, -0.05) is 16.7 Å². The normalized spacial score (nSPS) is 18.5. The summed E-state index contributed by atoms with van der Waals surface area (Å²) in [6.45, 7) is 3.19. The van der Waals surface area contributed by atoms with Crippen molar-refractivity contribution < 1.29 is 9.21 Å². The van der Waals surface area contributed by atoms with E-state index in [9.17, 15) is 4.79 Å². The summed E-state index contributed by atoms with van der Waals surface area (Å²) in [5.41, 5.74) is 0.846. The quantitative estimate of drug-likeness (QED) is 0.934. The molecular formula is C16H19ClN4O2. The lowest BCUT2D eigenvalue weighted by atomic mass is 10.1. The number of hydrogen-bond donors (Lipinski definition) is 1. The van der Waals surface area contributed by atoms with E-state index in [-0.39, 0.29) is 11.9 Å². The van der Waals surface area contributed by atoms with Crippen LogP contribution in [0.25, 0.3) is 11.5 Å². The predicted molar refractivity (Wildman–Crippen MR) is 88.4 cm³/mol. The second-order valence-corrected chi connectivity index (χ2v) is 6.15. The molecule has 0 aliphatic carbocycles. The lowest BCUT2D eigenvalue weighted by Crippen LogP contribution is -2.34. The zero-order chi connectivity index (χ0) is 16.2. The molecule has 23 heavy (non-hydrogen) atoms. The van der Waals surface area contributed by atoms with Crippen LogP contribution in [-0.2, 0) is 4.79 Å². The van der Waals surface area contributed by atoms with Crippen LogP contribution in [0.3, 0.4) is 0 Å². The average molecular weight is 335 g/mol. The molecule has 0 radical (unpaired) electrons. The lowest BCUT2D eigenvalue weighted by Gasteiger charge is -2.17. The Morgan fingerprint density at radius 2 is 2.04 bits per heavy atom. The van der Waals surface area contributed by atoms with Crippen LogP contribution < -0.4 is 10.2 Å². The van der Waals surface area contributed by atoms with Gasteiger partial charge in [0.25, 0.3) is 0 Å². The summed E-state index contributed by atoms with van der Waals surface area (Å²) in [6.07, 6.45) is 2.82. The molecule has 1 saturated heterocycles. The summed E-state index contributed by atoms with van der Waals surface area (Å²) in [5.74, 6) is 0.505. The number of carbonyl (C=O) groups is 1. The lowest BCUT2D eigenvalue weighted by molar-refractivity contribution is -0.119. The first-order valence-electron chi connectivity index (χ1n) is 7.73. The fraction of sp³-hybridized carbons (Fsp3) is 0.438. The third-order valence-corrected chi connectivity index (χ3v) is 4.16. The molecule has 1 amide bonds. The Bertz CT molecular complexity index is 671. The zero-order valence-electron chi connectivity index (χ0n) is 13.0. The third kappa shape index (κ3) is 4.01. The van der Waals surface area contributed by atoms with Gasteiger partial charge in [0.15, 0.2) is 0 Å². The van der Waals surface area contributed by atoms with E-state index in [2.05, 4.69) is 20.4 Å². The Morgan fingerprint density at radius 3 is 2.78 bits per heavy atom. The summed E-state index contributed by atoms with van der Waals surface area (Å²) in [4.78, 5) is 13.3. The van der Waals surface area contributed by atoms with Crippen molar-refractivity contribution in [1.29, 1.82) is 0 Å². The molecule has 7 heteroatoms. The maximum Gasteiger partial charge on any atom is 0.318 e. The zero-order valence-corrected chi connectivity index (χ0v) is 13.7. The van der Waals surface area contributed by atoms with Crippen LogP contribution in [0.4, 0.5) is 6.01 Å². The molecule has 0 spiro atoms. The minimum Gasteiger partial charge on any atom is -0.403 e. The largest absolute Gasteiger partial charge is 0.403 e. The number of hydrogen-bond acceptors (Lipinski definition) is 5. The number of nitrogens with one attached hydrogen (secondary N) is 1. The second kappa shape index (κ2) is 7.00. The van der Waals surface area contributed by atoms with Crippen LogP contribution in [0.15, 0.2) is 28.7 Å². The first-order chi connectivity index (χ1) is 11.1. The minimum atomic E-state index is 0.0197. The van der Waals surface area contributed by atoms with E-state index in [1.54, 1.807) is 19.1 Å². The number of amides is 1. The van der Waals surface area contributed by atoms with Gasteiger partial charge in [-0.3, -0.25) is 4.79 Å². The number of carbonyl (C=O) groups excluding carboxylic acids is 1. The van der Waals surface area contributed by atoms with Crippen LogP contribution in [-0.4, -0.2) is 35.2 Å². The van der Waals surface area contributed by atoms with Gasteiger partial charge in [-0.2, -0.15) is 0 Å². The van der Waals surface area contributed by atoms with Gasteiger partial charge in [0.1, 0.15) is 0 Å². The van der Waals surface area contributed by atoms with E-state index < -0.39 is 0 Å². The fourth-order valence-corrected chi connectivity index (χ4v) is 2.90. The van der Waals surface area contributed by atoms with Crippen molar-refractivity contribution in [1.82, 2.24) is 15.5 Å². The molecule has 1 aliphatic rings. The molecule has 1 fully saturated rings. The van der Waals surface area contributed by atoms with Crippen LogP contribution in [0, 0.1) is 0 Å². The highest BCUT2D eigenvalue weighted by molar-refractivity contribution is 6.30. The first kappa shape index (κ1) is 15.8. The number of rotatable bonds is 3. The van der Waals surface area contributed by atoms with Gasteiger partial charge in [-0.15, -0.1) is 5.10 Å². The van der Waals surface area contributed by atoms with Crippen molar-refractivity contribution >= 4 is 23.5 Å². The summed E-state index contributed by atoms with van der Waals surface area (Å²) < 4.78 is 5.79. The number of nitrogens with zero attached hydrogens (tertiary/aromatic N) is 3. The third-order valence-electron chi connectivity index (χ3n) is 3.91. The Labute approximate surface area is 139 Å². The highest BCUT2D eigenvalue weighted by Crippen LogP contribution is 2.25. The molecule has 1 atom stereocenters. The SMILES string of the molecule is CC(=O)NC1CCCN(c2nnc(-c3ccc(Cl)cc3)o2)CC1. The van der Waals surface area contributed by atoms with Crippen molar-refractivity contribution in [3.63, 3.8) is 0 Å². The number of halogens is 1. The summed E-state index contributed by atoms with van der Waals surface area (Å²) in [6, 6.07) is 8.05. The molecule has 0 bridgehead atoms. The van der Waals surface area contributed by atoms with Crippen LogP contribution in [0.2, 0.25) is 5.02 Å². The van der Waals surface area contributed by atoms with Gasteiger partial charge < -0.3 is 14.6 Å². The predicted octanol–water partition coefficient (Wildman–Crippen LogP) is 2.89. The molecule has 3 rings (SSSR count). The molecule has 1 N–H and O–H groups in total. The van der Waals surface area contributed by atoms with E-state index in [0.29, 0.717) is 16.9 Å². The first-order valence-corrected chi connectivity index (χ1v) is 8.11. The highest BCUT2D eigenvalue weighted by Gasteiger charge is 2.21. The molecule has 2 heterocycles. The number of benzene rings is 1. The van der Waals surface area contributed by atoms with Gasteiger partial charge in [0.2, 0.25) is 11.8 Å². The van der Waals surface area contributed by atoms with Crippen molar-refractivity contribution in [3.8, 4) is 11.5 Å². The smallest absolute Gasteiger partial charge is 0.318 e. The maximum absolute atomic E-state index is 11.2.